The van der Waals surface area contributed by atoms with E-state index in [1.807, 2.05) is 42.5 Å². The largest absolute Gasteiger partial charge is 0.494 e. The van der Waals surface area contributed by atoms with Gasteiger partial charge in [0.1, 0.15) is 18.9 Å². The molecule has 0 fully saturated rings. The number of rotatable bonds is 9. The molecule has 0 atom stereocenters. The van der Waals surface area contributed by atoms with Crippen LogP contribution >= 0.6 is 0 Å². The molecule has 0 bridgehead atoms. The lowest BCUT2D eigenvalue weighted by Crippen LogP contribution is -2.30. The summed E-state index contributed by atoms with van der Waals surface area (Å²) in [5.74, 6) is -0.0810. The number of carbonyl (C=O) groups is 2. The predicted molar refractivity (Wildman–Crippen MR) is 113 cm³/mol. The number of hydrogen-bond acceptors (Lipinski definition) is 4. The summed E-state index contributed by atoms with van der Waals surface area (Å²) in [5, 5.41) is 4.73. The van der Waals surface area contributed by atoms with E-state index in [0.717, 1.165) is 34.9 Å². The zero-order valence-electron chi connectivity index (χ0n) is 16.5. The molecule has 0 aliphatic carbocycles. The summed E-state index contributed by atoms with van der Waals surface area (Å²) < 4.78 is 10.9. The van der Waals surface area contributed by atoms with Gasteiger partial charge < -0.3 is 14.8 Å². The third-order valence-corrected chi connectivity index (χ3v) is 4.55. The Morgan fingerprint density at radius 1 is 0.931 bits per heavy atom. The van der Waals surface area contributed by atoms with Gasteiger partial charge in [-0.15, -0.1) is 0 Å². The number of carbonyl (C=O) groups excluding carboxylic acids is 2. The Kier molecular flexibility index (Phi) is 7.22. The third kappa shape index (κ3) is 5.82. The molecule has 1 N–H and O–H groups in total. The molecule has 3 rings (SSSR count). The van der Waals surface area contributed by atoms with Crippen LogP contribution in [0.15, 0.2) is 66.7 Å². The molecule has 1 amide bonds. The number of ether oxygens (including phenoxy) is 2. The lowest BCUT2D eigenvalue weighted by molar-refractivity contribution is -0.143. The van der Waals surface area contributed by atoms with Crippen LogP contribution in [-0.4, -0.2) is 25.0 Å². The van der Waals surface area contributed by atoms with Crippen LogP contribution in [0.5, 0.6) is 5.75 Å². The van der Waals surface area contributed by atoms with Crippen molar-refractivity contribution >= 4 is 22.6 Å². The molecule has 0 saturated carbocycles. The molecule has 5 heteroatoms. The van der Waals surface area contributed by atoms with Crippen LogP contribution in [0.3, 0.4) is 0 Å². The Hall–Kier alpha value is -3.34. The van der Waals surface area contributed by atoms with Gasteiger partial charge in [0, 0.05) is 5.56 Å². The molecule has 3 aromatic carbocycles. The molecule has 0 heterocycles. The molecular formula is C24H25NO4. The number of nitrogens with one attached hydrogen (secondary N) is 1. The topological polar surface area (TPSA) is 64.6 Å². The van der Waals surface area contributed by atoms with Gasteiger partial charge in [0.25, 0.3) is 5.91 Å². The highest BCUT2D eigenvalue weighted by Gasteiger charge is 2.10. The monoisotopic (exact) mass is 391 g/mol. The molecule has 0 saturated heterocycles. The van der Waals surface area contributed by atoms with E-state index in [4.69, 9.17) is 9.47 Å². The number of unbranched alkanes of at least 4 members (excludes halogenated alkanes) is 1. The van der Waals surface area contributed by atoms with Crippen molar-refractivity contribution in [1.82, 2.24) is 5.32 Å². The minimum Gasteiger partial charge on any atom is -0.494 e. The van der Waals surface area contributed by atoms with Gasteiger partial charge in [-0.3, -0.25) is 9.59 Å². The van der Waals surface area contributed by atoms with Gasteiger partial charge in [-0.05, 0) is 47.0 Å². The van der Waals surface area contributed by atoms with E-state index in [-0.39, 0.29) is 19.1 Å². The van der Waals surface area contributed by atoms with Crippen molar-refractivity contribution in [2.45, 2.75) is 26.4 Å². The van der Waals surface area contributed by atoms with Crippen LogP contribution in [-0.2, 0) is 16.1 Å². The van der Waals surface area contributed by atoms with Gasteiger partial charge in [-0.25, -0.2) is 0 Å². The van der Waals surface area contributed by atoms with Crippen LogP contribution in [0.25, 0.3) is 10.8 Å². The van der Waals surface area contributed by atoms with Gasteiger partial charge in [0.05, 0.1) is 6.61 Å². The van der Waals surface area contributed by atoms with Crippen LogP contribution in [0.2, 0.25) is 0 Å². The summed E-state index contributed by atoms with van der Waals surface area (Å²) in [4.78, 5) is 24.2. The number of fused-ring (bicyclic) bond motifs is 1. The van der Waals surface area contributed by atoms with Gasteiger partial charge in [0.15, 0.2) is 0 Å². The quantitative estimate of drug-likeness (QED) is 0.431. The summed E-state index contributed by atoms with van der Waals surface area (Å²) in [6, 6.07) is 20.7. The second-order valence-corrected chi connectivity index (χ2v) is 6.71. The fraction of sp³-hybridized carbons (Fsp3) is 0.250. The Balaban J connectivity index is 1.47. The van der Waals surface area contributed by atoms with Crippen molar-refractivity contribution in [1.29, 1.82) is 0 Å². The van der Waals surface area contributed by atoms with Crippen molar-refractivity contribution < 1.29 is 19.1 Å². The smallest absolute Gasteiger partial charge is 0.325 e. The fourth-order valence-electron chi connectivity index (χ4n) is 2.92. The van der Waals surface area contributed by atoms with E-state index < -0.39 is 5.97 Å². The Labute approximate surface area is 170 Å². The van der Waals surface area contributed by atoms with Gasteiger partial charge in [-0.1, -0.05) is 55.8 Å². The SMILES string of the molecule is CCCCOc1ccc(C(=O)NCC(=O)OCc2cccc3ccccc23)cc1. The average molecular weight is 391 g/mol. The normalized spacial score (nSPS) is 10.5. The van der Waals surface area contributed by atoms with Gasteiger partial charge >= 0.3 is 5.97 Å². The van der Waals surface area contributed by atoms with Gasteiger partial charge in [0.2, 0.25) is 0 Å². The Bertz CT molecular complexity index is 961. The van der Waals surface area contributed by atoms with Crippen LogP contribution in [0.1, 0.15) is 35.7 Å². The van der Waals surface area contributed by atoms with Crippen LogP contribution in [0, 0.1) is 0 Å². The van der Waals surface area contributed by atoms with Crippen molar-refractivity contribution in [3.63, 3.8) is 0 Å². The van der Waals surface area contributed by atoms with E-state index in [0.29, 0.717) is 12.2 Å². The highest BCUT2D eigenvalue weighted by atomic mass is 16.5. The van der Waals surface area contributed by atoms with Crippen molar-refractivity contribution in [3.8, 4) is 5.75 Å². The minimum absolute atomic E-state index is 0.167. The molecule has 0 radical (unpaired) electrons. The highest BCUT2D eigenvalue weighted by Crippen LogP contribution is 2.19. The van der Waals surface area contributed by atoms with E-state index in [2.05, 4.69) is 12.2 Å². The fourth-order valence-corrected chi connectivity index (χ4v) is 2.92. The van der Waals surface area contributed by atoms with E-state index in [9.17, 15) is 9.59 Å². The molecular weight excluding hydrogens is 366 g/mol. The number of benzene rings is 3. The van der Waals surface area contributed by atoms with Gasteiger partial charge in [-0.2, -0.15) is 0 Å². The maximum atomic E-state index is 12.2. The van der Waals surface area contributed by atoms with E-state index >= 15 is 0 Å². The number of esters is 1. The maximum Gasteiger partial charge on any atom is 0.325 e. The van der Waals surface area contributed by atoms with Crippen molar-refractivity contribution in [2.24, 2.45) is 0 Å². The number of amides is 1. The predicted octanol–water partition coefficient (Wildman–Crippen LogP) is 4.49. The standard InChI is InChI=1S/C24H25NO4/c1-2-3-15-28-21-13-11-19(12-14-21)24(27)25-16-23(26)29-17-20-9-6-8-18-7-4-5-10-22(18)20/h4-14H,2-3,15-17H2,1H3,(H,25,27). The lowest BCUT2D eigenvalue weighted by Gasteiger charge is -2.09. The van der Waals surface area contributed by atoms with E-state index in [1.54, 1.807) is 24.3 Å². The molecule has 0 spiro atoms. The summed E-state index contributed by atoms with van der Waals surface area (Å²) in [7, 11) is 0. The molecule has 0 aliphatic rings. The minimum atomic E-state index is -0.481. The Morgan fingerprint density at radius 3 is 2.48 bits per heavy atom. The molecule has 0 aliphatic heterocycles. The molecule has 29 heavy (non-hydrogen) atoms. The second-order valence-electron chi connectivity index (χ2n) is 6.71. The summed E-state index contributed by atoms with van der Waals surface area (Å²) >= 11 is 0. The van der Waals surface area contributed by atoms with Crippen molar-refractivity contribution in [2.75, 3.05) is 13.2 Å². The zero-order chi connectivity index (χ0) is 20.5. The first kappa shape index (κ1) is 20.4. The summed E-state index contributed by atoms with van der Waals surface area (Å²) in [6.07, 6.45) is 2.06. The number of hydrogen-bond donors (Lipinski definition) is 1. The molecule has 150 valence electrons. The first-order chi connectivity index (χ1) is 14.2. The third-order valence-electron chi connectivity index (χ3n) is 4.55. The van der Waals surface area contributed by atoms with Crippen LogP contribution in [0.4, 0.5) is 0 Å². The zero-order valence-corrected chi connectivity index (χ0v) is 16.5. The molecule has 5 nitrogen and oxygen atoms in total. The maximum absolute atomic E-state index is 12.2. The lowest BCUT2D eigenvalue weighted by atomic mass is 10.1. The first-order valence-electron chi connectivity index (χ1n) is 9.80. The molecule has 3 aromatic rings. The summed E-state index contributed by atoms with van der Waals surface area (Å²) in [6.45, 7) is 2.74. The van der Waals surface area contributed by atoms with Crippen molar-refractivity contribution in [3.05, 3.63) is 77.9 Å². The molecule has 0 aromatic heterocycles. The van der Waals surface area contributed by atoms with Crippen LogP contribution < -0.4 is 10.1 Å². The first-order valence-corrected chi connectivity index (χ1v) is 9.80. The molecule has 0 unspecified atom stereocenters. The second kappa shape index (κ2) is 10.3. The summed E-state index contributed by atoms with van der Waals surface area (Å²) in [5.41, 5.74) is 1.40. The Morgan fingerprint density at radius 2 is 1.69 bits per heavy atom. The average Bonchev–Trinajstić information content (AvgIpc) is 2.76. The van der Waals surface area contributed by atoms with E-state index in [1.165, 1.54) is 0 Å². The highest BCUT2D eigenvalue weighted by molar-refractivity contribution is 5.96.